The van der Waals surface area contributed by atoms with E-state index >= 15 is 0 Å². The Hall–Kier alpha value is -3.52. The number of anilines is 1. The Balaban J connectivity index is 1.67. The number of para-hydroxylation sites is 1. The van der Waals surface area contributed by atoms with Crippen molar-refractivity contribution in [3.05, 3.63) is 81.0 Å². The minimum absolute atomic E-state index is 0.0175. The first-order valence-electron chi connectivity index (χ1n) is 8.54. The maximum atomic E-state index is 12.7. The predicted octanol–water partition coefficient (Wildman–Crippen LogP) is 4.84. The van der Waals surface area contributed by atoms with E-state index in [9.17, 15) is 14.9 Å². The Morgan fingerprint density at radius 3 is 2.68 bits per heavy atom. The molecule has 0 saturated heterocycles. The van der Waals surface area contributed by atoms with Crippen LogP contribution in [0.1, 0.15) is 20.9 Å². The molecular formula is C20H16N4O3S. The highest BCUT2D eigenvalue weighted by atomic mass is 32.1. The number of benzene rings is 2. The number of nitro groups is 1. The third-order valence-electron chi connectivity index (χ3n) is 4.51. The molecular weight excluding hydrogens is 376 g/mol. The summed E-state index contributed by atoms with van der Waals surface area (Å²) >= 11 is 1.29. The number of thiazole rings is 1. The van der Waals surface area contributed by atoms with E-state index in [0.717, 1.165) is 16.9 Å². The normalized spacial score (nSPS) is 10.9. The Morgan fingerprint density at radius 1 is 1.18 bits per heavy atom. The number of nitrogens with zero attached hydrogens (tertiary/aromatic N) is 3. The average Bonchev–Trinajstić information content (AvgIpc) is 3.23. The number of hydrogen-bond donors (Lipinski definition) is 1. The highest BCUT2D eigenvalue weighted by Crippen LogP contribution is 2.29. The van der Waals surface area contributed by atoms with Gasteiger partial charge in [0.1, 0.15) is 4.88 Å². The molecule has 2 aromatic carbocycles. The van der Waals surface area contributed by atoms with Gasteiger partial charge in [-0.1, -0.05) is 41.7 Å². The lowest BCUT2D eigenvalue weighted by Crippen LogP contribution is -2.12. The standard InChI is InChI=1S/C20H16N4O3S/c1-12-6-3-4-9-16(12)21-19(25)18-13(2)23-11-17(22-20(23)28-18)14-7-5-8-15(10-14)24(26)27/h3-11H,1-2H3,(H,21,25). The van der Waals surface area contributed by atoms with Crippen molar-refractivity contribution in [3.63, 3.8) is 0 Å². The lowest BCUT2D eigenvalue weighted by molar-refractivity contribution is -0.384. The first-order valence-corrected chi connectivity index (χ1v) is 9.36. The van der Waals surface area contributed by atoms with E-state index in [-0.39, 0.29) is 11.6 Å². The molecule has 0 aliphatic rings. The second-order valence-electron chi connectivity index (χ2n) is 6.37. The number of nitro benzene ring substituents is 1. The number of carbonyl (C=O) groups excluding carboxylic acids is 1. The van der Waals surface area contributed by atoms with Crippen LogP contribution in [0.15, 0.2) is 54.7 Å². The number of aromatic nitrogens is 2. The van der Waals surface area contributed by atoms with Crippen LogP contribution < -0.4 is 5.32 Å². The van der Waals surface area contributed by atoms with Crippen molar-refractivity contribution in [1.82, 2.24) is 9.38 Å². The fourth-order valence-corrected chi connectivity index (χ4v) is 3.98. The molecule has 28 heavy (non-hydrogen) atoms. The molecule has 0 atom stereocenters. The minimum Gasteiger partial charge on any atom is -0.321 e. The summed E-state index contributed by atoms with van der Waals surface area (Å²) in [5.74, 6) is -0.181. The van der Waals surface area contributed by atoms with Crippen molar-refractivity contribution >= 4 is 33.6 Å². The number of nitrogens with one attached hydrogen (secondary N) is 1. The Labute approximate surface area is 164 Å². The first kappa shape index (κ1) is 17.9. The molecule has 2 heterocycles. The number of imidazole rings is 1. The smallest absolute Gasteiger partial charge is 0.270 e. The highest BCUT2D eigenvalue weighted by Gasteiger charge is 2.19. The van der Waals surface area contributed by atoms with E-state index in [1.54, 1.807) is 18.3 Å². The van der Waals surface area contributed by atoms with Crippen molar-refractivity contribution in [2.24, 2.45) is 0 Å². The molecule has 1 N–H and O–H groups in total. The van der Waals surface area contributed by atoms with Crippen LogP contribution in [0.4, 0.5) is 11.4 Å². The SMILES string of the molecule is Cc1ccccc1NC(=O)c1sc2nc(-c3cccc([N+](=O)[O-])c3)cn2c1C. The van der Waals surface area contributed by atoms with Crippen LogP contribution in [0.5, 0.6) is 0 Å². The third kappa shape index (κ3) is 3.14. The van der Waals surface area contributed by atoms with Gasteiger partial charge in [0.15, 0.2) is 4.96 Å². The van der Waals surface area contributed by atoms with Gasteiger partial charge in [-0.3, -0.25) is 19.3 Å². The summed E-state index contributed by atoms with van der Waals surface area (Å²) in [6.07, 6.45) is 1.80. The number of carbonyl (C=O) groups is 1. The molecule has 0 aliphatic heterocycles. The first-order chi connectivity index (χ1) is 13.4. The molecule has 7 nitrogen and oxygen atoms in total. The molecule has 8 heteroatoms. The van der Waals surface area contributed by atoms with E-state index in [1.165, 1.54) is 23.5 Å². The van der Waals surface area contributed by atoms with Gasteiger partial charge >= 0.3 is 0 Å². The van der Waals surface area contributed by atoms with Crippen LogP contribution in [0.3, 0.4) is 0 Å². The summed E-state index contributed by atoms with van der Waals surface area (Å²) < 4.78 is 1.84. The zero-order chi connectivity index (χ0) is 19.8. The molecule has 4 aromatic rings. The summed E-state index contributed by atoms with van der Waals surface area (Å²) in [5.41, 5.74) is 3.84. The Morgan fingerprint density at radius 2 is 1.96 bits per heavy atom. The van der Waals surface area contributed by atoms with Crippen molar-refractivity contribution in [1.29, 1.82) is 0 Å². The van der Waals surface area contributed by atoms with Crippen LogP contribution in [-0.2, 0) is 0 Å². The van der Waals surface area contributed by atoms with Crippen molar-refractivity contribution in [2.45, 2.75) is 13.8 Å². The van der Waals surface area contributed by atoms with Gasteiger partial charge in [-0.15, -0.1) is 0 Å². The number of amides is 1. The molecule has 0 unspecified atom stereocenters. The van der Waals surface area contributed by atoms with E-state index in [1.807, 2.05) is 42.5 Å². The number of hydrogen-bond acceptors (Lipinski definition) is 5. The lowest BCUT2D eigenvalue weighted by Gasteiger charge is -2.07. The Kier molecular flexibility index (Phi) is 4.40. The molecule has 0 saturated carbocycles. The summed E-state index contributed by atoms with van der Waals surface area (Å²) in [6, 6.07) is 14.0. The molecule has 1 amide bonds. The lowest BCUT2D eigenvalue weighted by atomic mass is 10.1. The van der Waals surface area contributed by atoms with E-state index in [4.69, 9.17) is 0 Å². The maximum Gasteiger partial charge on any atom is 0.270 e. The van der Waals surface area contributed by atoms with Gasteiger partial charge in [0.05, 0.1) is 10.6 Å². The van der Waals surface area contributed by atoms with Crippen LogP contribution in [0.25, 0.3) is 16.2 Å². The van der Waals surface area contributed by atoms with Gasteiger partial charge in [0, 0.05) is 35.3 Å². The Bertz CT molecular complexity index is 1230. The predicted molar refractivity (Wildman–Crippen MR) is 109 cm³/mol. The topological polar surface area (TPSA) is 89.5 Å². The van der Waals surface area contributed by atoms with Crippen LogP contribution in [0, 0.1) is 24.0 Å². The quantitative estimate of drug-likeness (QED) is 0.397. The summed E-state index contributed by atoms with van der Waals surface area (Å²) in [7, 11) is 0. The largest absolute Gasteiger partial charge is 0.321 e. The van der Waals surface area contributed by atoms with E-state index in [2.05, 4.69) is 10.3 Å². The summed E-state index contributed by atoms with van der Waals surface area (Å²) in [6.45, 7) is 3.80. The van der Waals surface area contributed by atoms with Gasteiger partial charge in [-0.05, 0) is 25.5 Å². The molecule has 0 fully saturated rings. The zero-order valence-electron chi connectivity index (χ0n) is 15.2. The molecule has 2 aromatic heterocycles. The monoisotopic (exact) mass is 392 g/mol. The number of fused-ring (bicyclic) bond motifs is 1. The molecule has 140 valence electrons. The molecule has 0 spiro atoms. The van der Waals surface area contributed by atoms with Gasteiger partial charge in [0.25, 0.3) is 11.6 Å². The van der Waals surface area contributed by atoms with Gasteiger partial charge in [-0.25, -0.2) is 4.98 Å². The fraction of sp³-hybridized carbons (Fsp3) is 0.100. The van der Waals surface area contributed by atoms with Crippen LogP contribution >= 0.6 is 11.3 Å². The highest BCUT2D eigenvalue weighted by molar-refractivity contribution is 7.19. The molecule has 0 aliphatic carbocycles. The number of aryl methyl sites for hydroxylation is 2. The second kappa shape index (κ2) is 6.90. The van der Waals surface area contributed by atoms with Gasteiger partial charge < -0.3 is 5.32 Å². The van der Waals surface area contributed by atoms with Crippen LogP contribution in [0.2, 0.25) is 0 Å². The second-order valence-corrected chi connectivity index (χ2v) is 7.35. The number of non-ortho nitro benzene ring substituents is 1. The number of rotatable bonds is 4. The molecule has 4 rings (SSSR count). The van der Waals surface area contributed by atoms with E-state index < -0.39 is 4.92 Å². The molecule has 0 bridgehead atoms. The fourth-order valence-electron chi connectivity index (χ4n) is 2.97. The van der Waals surface area contributed by atoms with Gasteiger partial charge in [-0.2, -0.15) is 0 Å². The minimum atomic E-state index is -0.429. The van der Waals surface area contributed by atoms with Crippen molar-refractivity contribution < 1.29 is 9.72 Å². The molecule has 0 radical (unpaired) electrons. The summed E-state index contributed by atoms with van der Waals surface area (Å²) in [4.78, 5) is 29.1. The maximum absolute atomic E-state index is 12.7. The van der Waals surface area contributed by atoms with Crippen LogP contribution in [-0.4, -0.2) is 20.2 Å². The average molecular weight is 392 g/mol. The van der Waals surface area contributed by atoms with Gasteiger partial charge in [0.2, 0.25) is 0 Å². The van der Waals surface area contributed by atoms with Crippen molar-refractivity contribution in [3.8, 4) is 11.3 Å². The third-order valence-corrected chi connectivity index (χ3v) is 5.66. The van der Waals surface area contributed by atoms with Crippen molar-refractivity contribution in [2.75, 3.05) is 5.32 Å². The van der Waals surface area contributed by atoms with E-state index in [0.29, 0.717) is 21.1 Å². The summed E-state index contributed by atoms with van der Waals surface area (Å²) in [5, 5.41) is 13.9. The zero-order valence-corrected chi connectivity index (χ0v) is 16.0.